The molecule has 42 heavy (non-hydrogen) atoms. The molecular formula is C39H27N3. The molecule has 1 aliphatic rings. The van der Waals surface area contributed by atoms with E-state index in [1.54, 1.807) is 0 Å². The summed E-state index contributed by atoms with van der Waals surface area (Å²) in [6, 6.07) is 45.6. The van der Waals surface area contributed by atoms with Gasteiger partial charge in [0, 0.05) is 27.1 Å². The molecule has 0 amide bonds. The highest BCUT2D eigenvalue weighted by Gasteiger charge is 2.37. The van der Waals surface area contributed by atoms with Gasteiger partial charge in [-0.1, -0.05) is 117 Å². The number of rotatable bonds is 2. The van der Waals surface area contributed by atoms with Crippen LogP contribution >= 0.6 is 0 Å². The van der Waals surface area contributed by atoms with E-state index in [0.29, 0.717) is 5.95 Å². The monoisotopic (exact) mass is 537 g/mol. The first-order chi connectivity index (χ1) is 20.6. The summed E-state index contributed by atoms with van der Waals surface area (Å²) in [7, 11) is 0. The van der Waals surface area contributed by atoms with Gasteiger partial charge in [0.25, 0.3) is 0 Å². The summed E-state index contributed by atoms with van der Waals surface area (Å²) in [5.41, 5.74) is 10.5. The van der Waals surface area contributed by atoms with E-state index in [1.807, 2.05) is 6.07 Å². The Bertz CT molecular complexity index is 2380. The molecule has 0 aliphatic heterocycles. The fourth-order valence-corrected chi connectivity index (χ4v) is 7.16. The van der Waals surface area contributed by atoms with Gasteiger partial charge >= 0.3 is 0 Å². The quantitative estimate of drug-likeness (QED) is 0.220. The average molecular weight is 538 g/mol. The minimum Gasteiger partial charge on any atom is -0.278 e. The number of hydrogen-bond donors (Lipinski definition) is 0. The molecule has 2 aromatic heterocycles. The lowest BCUT2D eigenvalue weighted by Gasteiger charge is -2.22. The molecule has 0 saturated carbocycles. The fraction of sp³-hybridized carbons (Fsp3) is 0.0769. The van der Waals surface area contributed by atoms with Crippen molar-refractivity contribution in [3.8, 4) is 28.3 Å². The van der Waals surface area contributed by atoms with Crippen LogP contribution in [0.2, 0.25) is 0 Å². The molecule has 0 saturated heterocycles. The van der Waals surface area contributed by atoms with Gasteiger partial charge in [-0.15, -0.1) is 0 Å². The van der Waals surface area contributed by atoms with Crippen LogP contribution in [0, 0.1) is 0 Å². The van der Waals surface area contributed by atoms with Crippen LogP contribution in [-0.4, -0.2) is 14.5 Å². The third-order valence-electron chi connectivity index (χ3n) is 9.20. The van der Waals surface area contributed by atoms with Crippen LogP contribution in [0.5, 0.6) is 0 Å². The molecule has 0 fully saturated rings. The molecular weight excluding hydrogens is 510 g/mol. The molecule has 3 heteroatoms. The summed E-state index contributed by atoms with van der Waals surface area (Å²) in [4.78, 5) is 10.4. The van der Waals surface area contributed by atoms with Gasteiger partial charge in [-0.05, 0) is 57.3 Å². The summed E-state index contributed by atoms with van der Waals surface area (Å²) in [6.07, 6.45) is 0. The zero-order valence-corrected chi connectivity index (χ0v) is 23.5. The largest absolute Gasteiger partial charge is 0.278 e. The minimum atomic E-state index is -0.135. The predicted molar refractivity (Wildman–Crippen MR) is 174 cm³/mol. The summed E-state index contributed by atoms with van der Waals surface area (Å²) in [5.74, 6) is 0.692. The van der Waals surface area contributed by atoms with Crippen LogP contribution in [0.4, 0.5) is 0 Å². The smallest absolute Gasteiger partial charge is 0.235 e. The molecule has 0 bridgehead atoms. The maximum atomic E-state index is 5.28. The fourth-order valence-electron chi connectivity index (χ4n) is 7.16. The lowest BCUT2D eigenvalue weighted by Crippen LogP contribution is -2.15. The highest BCUT2D eigenvalue weighted by molar-refractivity contribution is 6.13. The Labute approximate surface area is 243 Å². The Morgan fingerprint density at radius 3 is 2.12 bits per heavy atom. The molecule has 9 rings (SSSR count). The Morgan fingerprint density at radius 1 is 0.548 bits per heavy atom. The topological polar surface area (TPSA) is 30.7 Å². The molecule has 8 aromatic rings. The number of fused-ring (bicyclic) bond motifs is 9. The van der Waals surface area contributed by atoms with Crippen molar-refractivity contribution in [3.63, 3.8) is 0 Å². The molecule has 0 unspecified atom stereocenters. The van der Waals surface area contributed by atoms with E-state index in [9.17, 15) is 0 Å². The second-order valence-electron chi connectivity index (χ2n) is 11.9. The zero-order chi connectivity index (χ0) is 28.0. The van der Waals surface area contributed by atoms with Gasteiger partial charge in [-0.2, -0.15) is 0 Å². The maximum Gasteiger partial charge on any atom is 0.235 e. The van der Waals surface area contributed by atoms with Gasteiger partial charge < -0.3 is 0 Å². The number of benzene rings is 6. The van der Waals surface area contributed by atoms with Gasteiger partial charge in [-0.3, -0.25) is 4.57 Å². The van der Waals surface area contributed by atoms with E-state index >= 15 is 0 Å². The zero-order valence-electron chi connectivity index (χ0n) is 23.5. The number of nitrogens with zero attached hydrogens (tertiary/aromatic N) is 3. The van der Waals surface area contributed by atoms with Crippen molar-refractivity contribution in [2.24, 2.45) is 0 Å². The first-order valence-electron chi connectivity index (χ1n) is 14.5. The van der Waals surface area contributed by atoms with E-state index in [1.165, 1.54) is 43.8 Å². The minimum absolute atomic E-state index is 0.135. The summed E-state index contributed by atoms with van der Waals surface area (Å²) in [5, 5.41) is 6.08. The highest BCUT2D eigenvalue weighted by Crippen LogP contribution is 2.53. The van der Waals surface area contributed by atoms with Gasteiger partial charge in [-0.25, -0.2) is 9.97 Å². The van der Waals surface area contributed by atoms with Gasteiger partial charge in [0.15, 0.2) is 0 Å². The third kappa shape index (κ3) is 3.11. The predicted octanol–water partition coefficient (Wildman–Crippen LogP) is 9.85. The third-order valence-corrected chi connectivity index (χ3v) is 9.20. The van der Waals surface area contributed by atoms with Gasteiger partial charge in [0.2, 0.25) is 5.95 Å². The number of hydrogen-bond acceptors (Lipinski definition) is 2. The van der Waals surface area contributed by atoms with Crippen molar-refractivity contribution in [2.45, 2.75) is 19.3 Å². The first-order valence-corrected chi connectivity index (χ1v) is 14.5. The highest BCUT2D eigenvalue weighted by atomic mass is 15.2. The van der Waals surface area contributed by atoms with Crippen LogP contribution in [0.25, 0.3) is 71.8 Å². The lowest BCUT2D eigenvalue weighted by atomic mass is 9.82. The first kappa shape index (κ1) is 23.4. The molecule has 0 atom stereocenters. The van der Waals surface area contributed by atoms with Crippen molar-refractivity contribution >= 4 is 43.5 Å². The van der Waals surface area contributed by atoms with E-state index in [4.69, 9.17) is 9.97 Å². The Kier molecular flexibility index (Phi) is 4.67. The maximum absolute atomic E-state index is 5.28. The van der Waals surface area contributed by atoms with Crippen molar-refractivity contribution in [1.29, 1.82) is 0 Å². The molecule has 6 aromatic carbocycles. The lowest BCUT2D eigenvalue weighted by molar-refractivity contribution is 0.661. The molecule has 198 valence electrons. The summed E-state index contributed by atoms with van der Waals surface area (Å²) in [6.45, 7) is 4.70. The van der Waals surface area contributed by atoms with Crippen molar-refractivity contribution < 1.29 is 0 Å². The second kappa shape index (κ2) is 8.37. The second-order valence-corrected chi connectivity index (χ2v) is 11.9. The number of aromatic nitrogens is 3. The summed E-state index contributed by atoms with van der Waals surface area (Å²) < 4.78 is 2.26. The van der Waals surface area contributed by atoms with Gasteiger partial charge in [0.1, 0.15) is 0 Å². The van der Waals surface area contributed by atoms with Crippen LogP contribution in [0.15, 0.2) is 127 Å². The summed E-state index contributed by atoms with van der Waals surface area (Å²) >= 11 is 0. The normalized spacial score (nSPS) is 13.7. The standard InChI is InChI=1S/C39H27N3/c1-39(2)31-21-20-24-12-6-7-15-26(24)36(31)30-22-29-27-16-9-11-19-34(27)42(35(29)23-32(30)39)38-40-33-18-10-8-17-28(33)37(41-38)25-13-4-3-5-14-25/h3-23H,1-2H3. The van der Waals surface area contributed by atoms with Crippen LogP contribution in [-0.2, 0) is 5.41 Å². The van der Waals surface area contributed by atoms with Crippen molar-refractivity contribution in [1.82, 2.24) is 14.5 Å². The van der Waals surface area contributed by atoms with Crippen LogP contribution in [0.3, 0.4) is 0 Å². The van der Waals surface area contributed by atoms with E-state index in [-0.39, 0.29) is 5.41 Å². The Balaban J connectivity index is 1.40. The van der Waals surface area contributed by atoms with E-state index < -0.39 is 0 Å². The Hall–Kier alpha value is -5.28. The van der Waals surface area contributed by atoms with Gasteiger partial charge in [0.05, 0.1) is 22.2 Å². The molecule has 0 spiro atoms. The Morgan fingerprint density at radius 2 is 1.26 bits per heavy atom. The van der Waals surface area contributed by atoms with Crippen molar-refractivity contribution in [2.75, 3.05) is 0 Å². The van der Waals surface area contributed by atoms with Crippen LogP contribution < -0.4 is 0 Å². The average Bonchev–Trinajstić information content (AvgIpc) is 3.48. The number of para-hydroxylation sites is 2. The SMILES string of the molecule is CC1(C)c2cc3c(cc2-c2c1ccc1ccccc21)c1ccccc1n3-c1nc(-c2ccccc2)c2ccccc2n1. The molecule has 0 N–H and O–H groups in total. The van der Waals surface area contributed by atoms with Crippen molar-refractivity contribution in [3.05, 3.63) is 139 Å². The molecule has 2 heterocycles. The van der Waals surface area contributed by atoms with E-state index in [2.05, 4.69) is 140 Å². The molecule has 3 nitrogen and oxygen atoms in total. The van der Waals surface area contributed by atoms with E-state index in [0.717, 1.165) is 33.2 Å². The molecule has 0 radical (unpaired) electrons. The molecule has 1 aliphatic carbocycles. The van der Waals surface area contributed by atoms with Crippen LogP contribution in [0.1, 0.15) is 25.0 Å².